The third kappa shape index (κ3) is 0.732. The second-order valence-corrected chi connectivity index (χ2v) is 2.78. The summed E-state index contributed by atoms with van der Waals surface area (Å²) in [6.45, 7) is -0.0525. The predicted molar refractivity (Wildman–Crippen MR) is 37.8 cm³/mol. The largest absolute Gasteiger partial charge is 0.440 e. The molecule has 0 aromatic carbocycles. The number of nitrogens with zero attached hydrogens (tertiary/aromatic N) is 1. The Labute approximate surface area is 60.9 Å². The van der Waals surface area contributed by atoms with E-state index < -0.39 is 0 Å². The minimum Gasteiger partial charge on any atom is -0.440 e. The summed E-state index contributed by atoms with van der Waals surface area (Å²) >= 11 is 1.51. The molecule has 0 unspecified atom stereocenters. The highest BCUT2D eigenvalue weighted by Gasteiger charge is 2.03. The summed E-state index contributed by atoms with van der Waals surface area (Å²) in [4.78, 5) is 3.93. The van der Waals surface area contributed by atoms with Crippen molar-refractivity contribution < 1.29 is 9.52 Å². The topological polar surface area (TPSA) is 46.3 Å². The summed E-state index contributed by atoms with van der Waals surface area (Å²) < 4.78 is 6.10. The summed E-state index contributed by atoms with van der Waals surface area (Å²) in [7, 11) is 0. The van der Waals surface area contributed by atoms with Crippen LogP contribution in [0.3, 0.4) is 0 Å². The molecule has 2 rings (SSSR count). The molecule has 0 aliphatic carbocycles. The van der Waals surface area contributed by atoms with E-state index >= 15 is 0 Å². The Morgan fingerprint density at radius 3 is 3.30 bits per heavy atom. The van der Waals surface area contributed by atoms with Gasteiger partial charge in [-0.25, -0.2) is 4.98 Å². The average Bonchev–Trinajstić information content (AvgIpc) is 2.42. The number of furan rings is 1. The van der Waals surface area contributed by atoms with Gasteiger partial charge in [-0.1, -0.05) is 0 Å². The predicted octanol–water partition coefficient (Wildman–Crippen LogP) is 1.38. The van der Waals surface area contributed by atoms with Gasteiger partial charge >= 0.3 is 0 Å². The van der Waals surface area contributed by atoms with E-state index in [-0.39, 0.29) is 6.61 Å². The molecular weight excluding hydrogens is 150 g/mol. The second kappa shape index (κ2) is 2.07. The van der Waals surface area contributed by atoms with Crippen LogP contribution < -0.4 is 0 Å². The van der Waals surface area contributed by atoms with Crippen LogP contribution in [0.15, 0.2) is 16.0 Å². The molecular formula is C6H5NO2S. The Balaban J connectivity index is 2.67. The number of hydrogen-bond acceptors (Lipinski definition) is 4. The number of thiazole rings is 1. The number of hydrogen-bond donors (Lipinski definition) is 1. The molecule has 0 aliphatic heterocycles. The highest BCUT2D eigenvalue weighted by Crippen LogP contribution is 2.21. The Morgan fingerprint density at radius 2 is 2.60 bits per heavy atom. The van der Waals surface area contributed by atoms with Crippen molar-refractivity contribution >= 4 is 21.8 Å². The number of aromatic nitrogens is 1. The molecule has 2 heterocycles. The zero-order valence-corrected chi connectivity index (χ0v) is 5.89. The maximum Gasteiger partial charge on any atom is 0.237 e. The van der Waals surface area contributed by atoms with Crippen LogP contribution in [0.5, 0.6) is 0 Å². The molecule has 3 nitrogen and oxygen atoms in total. The molecule has 4 heteroatoms. The molecule has 0 bridgehead atoms. The fourth-order valence-corrected chi connectivity index (χ4v) is 1.45. The minimum atomic E-state index is -0.0525. The molecule has 1 N–H and O–H groups in total. The molecule has 0 aliphatic rings. The van der Waals surface area contributed by atoms with Crippen LogP contribution in [0.25, 0.3) is 10.4 Å². The third-order valence-corrected chi connectivity index (χ3v) is 1.99. The van der Waals surface area contributed by atoms with Crippen LogP contribution in [0.4, 0.5) is 0 Å². The van der Waals surface area contributed by atoms with Crippen molar-refractivity contribution in [2.75, 3.05) is 0 Å². The molecule has 2 aromatic rings. The van der Waals surface area contributed by atoms with E-state index in [0.717, 1.165) is 4.70 Å². The van der Waals surface area contributed by atoms with Crippen LogP contribution in [0, 0.1) is 0 Å². The monoisotopic (exact) mass is 155 g/mol. The van der Waals surface area contributed by atoms with Crippen molar-refractivity contribution in [2.24, 2.45) is 0 Å². The van der Waals surface area contributed by atoms with Crippen LogP contribution in [-0.4, -0.2) is 10.1 Å². The zero-order chi connectivity index (χ0) is 6.97. The van der Waals surface area contributed by atoms with Gasteiger partial charge in [0.15, 0.2) is 0 Å². The lowest BCUT2D eigenvalue weighted by Crippen LogP contribution is -1.73. The molecule has 0 spiro atoms. The first-order chi connectivity index (χ1) is 4.90. The number of fused-ring (bicyclic) bond motifs is 1. The Morgan fingerprint density at radius 1 is 1.70 bits per heavy atom. The van der Waals surface area contributed by atoms with Crippen LogP contribution in [0.2, 0.25) is 0 Å². The fourth-order valence-electron chi connectivity index (χ4n) is 0.795. The van der Waals surface area contributed by atoms with Gasteiger partial charge in [-0.15, -0.1) is 11.3 Å². The van der Waals surface area contributed by atoms with Gasteiger partial charge < -0.3 is 9.52 Å². The van der Waals surface area contributed by atoms with Crippen LogP contribution in [-0.2, 0) is 6.61 Å². The second-order valence-electron chi connectivity index (χ2n) is 1.89. The summed E-state index contributed by atoms with van der Waals surface area (Å²) in [6.07, 6.45) is 0. The Kier molecular flexibility index (Phi) is 1.22. The molecule has 0 saturated heterocycles. The molecule has 10 heavy (non-hydrogen) atoms. The number of aliphatic hydroxyl groups excluding tert-OH is 1. The summed E-state index contributed by atoms with van der Waals surface area (Å²) in [6, 6.07) is 1.80. The molecule has 2 aromatic heterocycles. The molecule has 52 valence electrons. The standard InChI is InChI=1S/C6H5NO2S/c8-2-4-1-5-6(9-4)7-3-10-5/h1,3,8H,2H2. The van der Waals surface area contributed by atoms with E-state index in [2.05, 4.69) is 4.98 Å². The van der Waals surface area contributed by atoms with Gasteiger partial charge in [0, 0.05) is 6.07 Å². The average molecular weight is 155 g/mol. The van der Waals surface area contributed by atoms with E-state index in [1.807, 2.05) is 0 Å². The van der Waals surface area contributed by atoms with Crippen molar-refractivity contribution in [3.63, 3.8) is 0 Å². The maximum absolute atomic E-state index is 8.64. The summed E-state index contributed by atoms with van der Waals surface area (Å²) in [5.41, 5.74) is 2.34. The minimum absolute atomic E-state index is 0.0525. The maximum atomic E-state index is 8.64. The molecule has 0 saturated carbocycles. The van der Waals surface area contributed by atoms with Crippen LogP contribution in [0.1, 0.15) is 5.76 Å². The summed E-state index contributed by atoms with van der Waals surface area (Å²) in [5, 5.41) is 8.64. The Bertz CT molecular complexity index is 309. The van der Waals surface area contributed by atoms with Gasteiger partial charge in [-0.3, -0.25) is 0 Å². The molecule has 0 radical (unpaired) electrons. The SMILES string of the molecule is OCc1cc2scnc2o1. The quantitative estimate of drug-likeness (QED) is 0.676. The lowest BCUT2D eigenvalue weighted by molar-refractivity contribution is 0.250. The highest BCUT2D eigenvalue weighted by molar-refractivity contribution is 7.16. The van der Waals surface area contributed by atoms with Gasteiger partial charge in [0.05, 0.1) is 10.2 Å². The van der Waals surface area contributed by atoms with E-state index in [1.165, 1.54) is 11.3 Å². The lowest BCUT2D eigenvalue weighted by Gasteiger charge is -1.80. The highest BCUT2D eigenvalue weighted by atomic mass is 32.1. The molecule has 0 fully saturated rings. The smallest absolute Gasteiger partial charge is 0.237 e. The van der Waals surface area contributed by atoms with E-state index in [0.29, 0.717) is 11.5 Å². The van der Waals surface area contributed by atoms with Gasteiger partial charge in [0.25, 0.3) is 0 Å². The first-order valence-electron chi connectivity index (χ1n) is 2.83. The van der Waals surface area contributed by atoms with Crippen molar-refractivity contribution in [1.29, 1.82) is 0 Å². The van der Waals surface area contributed by atoms with E-state index in [4.69, 9.17) is 9.52 Å². The lowest BCUT2D eigenvalue weighted by atomic mass is 10.5. The third-order valence-electron chi connectivity index (χ3n) is 1.24. The normalized spacial score (nSPS) is 10.9. The molecule has 0 amide bonds. The Hall–Kier alpha value is -0.870. The van der Waals surface area contributed by atoms with Crippen molar-refractivity contribution in [1.82, 2.24) is 4.98 Å². The number of aliphatic hydroxyl groups is 1. The fraction of sp³-hybridized carbons (Fsp3) is 0.167. The molecule has 0 atom stereocenters. The zero-order valence-electron chi connectivity index (χ0n) is 5.07. The van der Waals surface area contributed by atoms with Crippen LogP contribution >= 0.6 is 11.3 Å². The van der Waals surface area contributed by atoms with Gasteiger partial charge in [0.1, 0.15) is 12.4 Å². The van der Waals surface area contributed by atoms with Crippen molar-refractivity contribution in [2.45, 2.75) is 6.61 Å². The van der Waals surface area contributed by atoms with Gasteiger partial charge in [0.2, 0.25) is 5.71 Å². The summed E-state index contributed by atoms with van der Waals surface area (Å²) in [5.74, 6) is 0.578. The first-order valence-corrected chi connectivity index (χ1v) is 3.71. The van der Waals surface area contributed by atoms with Crippen molar-refractivity contribution in [3.05, 3.63) is 17.3 Å². The van der Waals surface area contributed by atoms with Gasteiger partial charge in [-0.2, -0.15) is 0 Å². The number of rotatable bonds is 1. The van der Waals surface area contributed by atoms with E-state index in [9.17, 15) is 0 Å². The van der Waals surface area contributed by atoms with Crippen molar-refractivity contribution in [3.8, 4) is 0 Å². The van der Waals surface area contributed by atoms with E-state index in [1.54, 1.807) is 11.6 Å². The van der Waals surface area contributed by atoms with Gasteiger partial charge in [-0.05, 0) is 0 Å². The first kappa shape index (κ1) is 5.88.